The minimum atomic E-state index is -0.600. The van der Waals surface area contributed by atoms with Gasteiger partial charge in [0, 0.05) is 23.6 Å². The predicted octanol–water partition coefficient (Wildman–Crippen LogP) is 4.30. The van der Waals surface area contributed by atoms with E-state index < -0.39 is 6.10 Å². The molecule has 0 aliphatic carbocycles. The number of aliphatic hydroxyl groups is 1. The zero-order chi connectivity index (χ0) is 18.5. The molecule has 0 bridgehead atoms. The Morgan fingerprint density at radius 3 is 2.73 bits per heavy atom. The Hall–Kier alpha value is -1.11. The van der Waals surface area contributed by atoms with Gasteiger partial charge in [-0.05, 0) is 36.8 Å². The van der Waals surface area contributed by atoms with Crippen molar-refractivity contribution >= 4 is 27.5 Å². The fraction of sp³-hybridized carbons (Fsp3) is 0.400. The van der Waals surface area contributed by atoms with Crippen LogP contribution >= 0.6 is 27.5 Å². The fourth-order valence-corrected chi connectivity index (χ4v) is 3.64. The first kappa shape index (κ1) is 19.6. The lowest BCUT2D eigenvalue weighted by molar-refractivity contribution is -0.0804. The van der Waals surface area contributed by atoms with Crippen molar-refractivity contribution in [2.75, 3.05) is 26.3 Å². The summed E-state index contributed by atoms with van der Waals surface area (Å²) < 4.78 is 12.7. The van der Waals surface area contributed by atoms with E-state index in [2.05, 4.69) is 39.9 Å². The first-order chi connectivity index (χ1) is 12.5. The Morgan fingerprint density at radius 1 is 1.27 bits per heavy atom. The van der Waals surface area contributed by atoms with Crippen molar-refractivity contribution in [2.24, 2.45) is 0 Å². The van der Waals surface area contributed by atoms with Crippen LogP contribution in [0.15, 0.2) is 53.0 Å². The molecule has 6 heteroatoms. The minimum Gasteiger partial charge on any atom is -0.489 e. The van der Waals surface area contributed by atoms with Gasteiger partial charge in [-0.15, -0.1) is 0 Å². The minimum absolute atomic E-state index is 0.00599. The maximum absolute atomic E-state index is 10.4. The maximum Gasteiger partial charge on any atom is 0.138 e. The molecule has 0 spiro atoms. The van der Waals surface area contributed by atoms with Gasteiger partial charge in [-0.1, -0.05) is 51.8 Å². The maximum atomic E-state index is 10.4. The van der Waals surface area contributed by atoms with E-state index in [0.717, 1.165) is 16.6 Å². The van der Waals surface area contributed by atoms with Crippen molar-refractivity contribution < 1.29 is 14.6 Å². The number of nitrogens with zero attached hydrogens (tertiary/aromatic N) is 1. The summed E-state index contributed by atoms with van der Waals surface area (Å²) in [4.78, 5) is 2.25. The van der Waals surface area contributed by atoms with Crippen molar-refractivity contribution in [1.29, 1.82) is 0 Å². The highest BCUT2D eigenvalue weighted by Gasteiger charge is 2.31. The summed E-state index contributed by atoms with van der Waals surface area (Å²) in [6.07, 6.45) is -0.606. The third-order valence-electron chi connectivity index (χ3n) is 4.60. The smallest absolute Gasteiger partial charge is 0.138 e. The van der Waals surface area contributed by atoms with Crippen LogP contribution in [0.3, 0.4) is 0 Å². The molecular formula is C20H23BrClNO3. The number of hydrogen-bond donors (Lipinski definition) is 1. The lowest BCUT2D eigenvalue weighted by Crippen LogP contribution is -2.49. The van der Waals surface area contributed by atoms with Crippen molar-refractivity contribution in [3.05, 3.63) is 63.6 Å². The van der Waals surface area contributed by atoms with Crippen molar-refractivity contribution in [2.45, 2.75) is 25.2 Å². The summed E-state index contributed by atoms with van der Waals surface area (Å²) in [7, 11) is 0. The molecule has 1 heterocycles. The fourth-order valence-electron chi connectivity index (χ4n) is 3.19. The number of benzene rings is 2. The van der Waals surface area contributed by atoms with Crippen LogP contribution in [0.1, 0.15) is 18.6 Å². The van der Waals surface area contributed by atoms with Gasteiger partial charge < -0.3 is 14.6 Å². The molecule has 2 aromatic rings. The monoisotopic (exact) mass is 439 g/mol. The second kappa shape index (κ2) is 9.20. The largest absolute Gasteiger partial charge is 0.489 e. The van der Waals surface area contributed by atoms with Crippen LogP contribution in [0.25, 0.3) is 0 Å². The summed E-state index contributed by atoms with van der Waals surface area (Å²) in [5.74, 6) is 0.594. The van der Waals surface area contributed by atoms with Crippen molar-refractivity contribution in [3.8, 4) is 5.75 Å². The Bertz CT molecular complexity index is 712. The number of aliphatic hydroxyl groups excluding tert-OH is 1. The molecule has 0 saturated carbocycles. The molecule has 3 atom stereocenters. The molecule has 26 heavy (non-hydrogen) atoms. The highest BCUT2D eigenvalue weighted by Crippen LogP contribution is 2.29. The Morgan fingerprint density at radius 2 is 2.00 bits per heavy atom. The van der Waals surface area contributed by atoms with Gasteiger partial charge in [-0.2, -0.15) is 0 Å². The van der Waals surface area contributed by atoms with E-state index in [-0.39, 0.29) is 18.8 Å². The molecule has 1 aliphatic rings. The summed E-state index contributed by atoms with van der Waals surface area (Å²) in [5, 5.41) is 11.0. The van der Waals surface area contributed by atoms with Gasteiger partial charge in [0.15, 0.2) is 0 Å². The van der Waals surface area contributed by atoms with Crippen LogP contribution in [0.2, 0.25) is 5.02 Å². The molecule has 4 nitrogen and oxygen atoms in total. The average Bonchev–Trinajstić information content (AvgIpc) is 2.64. The Labute approximate surface area is 167 Å². The molecule has 140 valence electrons. The summed E-state index contributed by atoms with van der Waals surface area (Å²) >= 11 is 9.55. The molecule has 0 radical (unpaired) electrons. The molecule has 1 saturated heterocycles. The van der Waals surface area contributed by atoms with E-state index in [4.69, 9.17) is 21.1 Å². The van der Waals surface area contributed by atoms with E-state index in [1.165, 1.54) is 0 Å². The molecular weight excluding hydrogens is 418 g/mol. The molecule has 1 fully saturated rings. The number of ether oxygens (including phenoxy) is 2. The summed E-state index contributed by atoms with van der Waals surface area (Å²) in [6.45, 7) is 4.30. The number of hydrogen-bond acceptors (Lipinski definition) is 4. The van der Waals surface area contributed by atoms with Crippen LogP contribution in [0.5, 0.6) is 5.75 Å². The van der Waals surface area contributed by atoms with Gasteiger partial charge in [0.2, 0.25) is 0 Å². The Balaban J connectivity index is 1.56. The number of halogens is 2. The molecule has 1 aliphatic heterocycles. The lowest BCUT2D eigenvalue weighted by Gasteiger charge is -2.40. The molecule has 0 amide bonds. The Kier molecular flexibility index (Phi) is 6.95. The van der Waals surface area contributed by atoms with Gasteiger partial charge in [0.05, 0.1) is 17.7 Å². The van der Waals surface area contributed by atoms with Crippen molar-refractivity contribution in [1.82, 2.24) is 4.90 Å². The normalized spacial score (nSPS) is 22.2. The third-order valence-corrected chi connectivity index (χ3v) is 5.44. The predicted molar refractivity (Wildman–Crippen MR) is 107 cm³/mol. The average molecular weight is 441 g/mol. The first-order valence-electron chi connectivity index (χ1n) is 8.71. The molecule has 3 rings (SSSR count). The number of β-amino-alcohol motifs (C(OH)–C–C–N with tert-alkyl or cyclic N) is 1. The first-order valence-corrected chi connectivity index (χ1v) is 9.88. The van der Waals surface area contributed by atoms with E-state index in [0.29, 0.717) is 23.9 Å². The van der Waals surface area contributed by atoms with Crippen LogP contribution in [0.4, 0.5) is 0 Å². The van der Waals surface area contributed by atoms with Crippen LogP contribution in [0, 0.1) is 0 Å². The number of para-hydroxylation sites is 1. The topological polar surface area (TPSA) is 41.9 Å². The highest BCUT2D eigenvalue weighted by molar-refractivity contribution is 9.10. The molecule has 0 aromatic heterocycles. The van der Waals surface area contributed by atoms with Gasteiger partial charge in [0.1, 0.15) is 18.5 Å². The van der Waals surface area contributed by atoms with Crippen LogP contribution < -0.4 is 4.74 Å². The van der Waals surface area contributed by atoms with E-state index in [1.807, 2.05) is 24.3 Å². The van der Waals surface area contributed by atoms with Gasteiger partial charge in [0.25, 0.3) is 0 Å². The summed E-state index contributed by atoms with van der Waals surface area (Å²) in [6, 6.07) is 15.7. The van der Waals surface area contributed by atoms with Crippen molar-refractivity contribution in [3.63, 3.8) is 0 Å². The third kappa shape index (κ3) is 4.99. The van der Waals surface area contributed by atoms with E-state index in [9.17, 15) is 5.11 Å². The van der Waals surface area contributed by atoms with Gasteiger partial charge in [-0.25, -0.2) is 0 Å². The summed E-state index contributed by atoms with van der Waals surface area (Å²) in [5.41, 5.74) is 1.15. The number of rotatable bonds is 6. The van der Waals surface area contributed by atoms with Crippen LogP contribution in [-0.4, -0.2) is 48.5 Å². The van der Waals surface area contributed by atoms with Gasteiger partial charge >= 0.3 is 0 Å². The van der Waals surface area contributed by atoms with Gasteiger partial charge in [-0.3, -0.25) is 4.90 Å². The SMILES string of the molecule is CC1C(c2ccc(Br)cc2)OCCN1CC(O)COc1ccccc1Cl. The highest BCUT2D eigenvalue weighted by atomic mass is 79.9. The molecule has 2 aromatic carbocycles. The lowest BCUT2D eigenvalue weighted by atomic mass is 10.0. The zero-order valence-electron chi connectivity index (χ0n) is 14.6. The van der Waals surface area contributed by atoms with E-state index in [1.54, 1.807) is 12.1 Å². The van der Waals surface area contributed by atoms with Crippen LogP contribution in [-0.2, 0) is 4.74 Å². The zero-order valence-corrected chi connectivity index (χ0v) is 17.0. The molecule has 3 unspecified atom stereocenters. The second-order valence-electron chi connectivity index (χ2n) is 6.47. The molecule has 1 N–H and O–H groups in total. The standard InChI is InChI=1S/C20H23BrClNO3/c1-14-20(15-6-8-16(21)9-7-15)25-11-10-23(14)12-17(24)13-26-19-5-3-2-4-18(19)22/h2-9,14,17,20,24H,10-13H2,1H3. The van der Waals surface area contributed by atoms with E-state index >= 15 is 0 Å². The quantitative estimate of drug-likeness (QED) is 0.727. The second-order valence-corrected chi connectivity index (χ2v) is 7.80. The number of morpholine rings is 1.